The fourth-order valence-electron chi connectivity index (χ4n) is 2.75. The number of amides is 1. The van der Waals surface area contributed by atoms with Gasteiger partial charge in [-0.15, -0.1) is 0 Å². The first-order chi connectivity index (χ1) is 11.9. The molecule has 1 heterocycles. The molecule has 1 aliphatic rings. The summed E-state index contributed by atoms with van der Waals surface area (Å²) in [7, 11) is 0. The average molecular weight is 366 g/mol. The number of carbonyl (C=O) groups excluding carboxylic acids is 1. The minimum atomic E-state index is -0.838. The van der Waals surface area contributed by atoms with Crippen molar-refractivity contribution in [3.05, 3.63) is 59.9 Å². The van der Waals surface area contributed by atoms with Crippen LogP contribution in [0.25, 0.3) is 0 Å². The smallest absolute Gasteiger partial charge is 0.225 e. The molecule has 0 fully saturated rings. The molecule has 0 aromatic heterocycles. The van der Waals surface area contributed by atoms with Crippen LogP contribution in [0.15, 0.2) is 47.5 Å². The maximum Gasteiger partial charge on any atom is 0.374 e. The van der Waals surface area contributed by atoms with Crippen molar-refractivity contribution >= 4 is 34.2 Å². The number of benzene rings is 2. The maximum absolute atomic E-state index is 14.5. The highest BCUT2D eigenvalue weighted by molar-refractivity contribution is 8.13. The van der Waals surface area contributed by atoms with Crippen molar-refractivity contribution in [2.75, 3.05) is 11.7 Å². The van der Waals surface area contributed by atoms with Gasteiger partial charge in [0, 0.05) is 12.1 Å². The summed E-state index contributed by atoms with van der Waals surface area (Å²) in [6, 6.07) is 7.52. The van der Waals surface area contributed by atoms with Crippen LogP contribution in [0.1, 0.15) is 6.92 Å². The zero-order chi connectivity index (χ0) is 18.2. The Balaban J connectivity index is 2.24. The van der Waals surface area contributed by atoms with Crippen molar-refractivity contribution in [2.24, 2.45) is 4.99 Å². The van der Waals surface area contributed by atoms with Gasteiger partial charge in [-0.05, 0) is 49.2 Å². The van der Waals surface area contributed by atoms with Crippen LogP contribution in [-0.2, 0) is 4.79 Å². The van der Waals surface area contributed by atoms with E-state index in [0.717, 1.165) is 30.0 Å². The molecular formula is C17H15F3N3OS+. The minimum absolute atomic E-state index is 0.230. The molecule has 8 heteroatoms. The third kappa shape index (κ3) is 2.91. The van der Waals surface area contributed by atoms with Crippen LogP contribution in [0.4, 0.5) is 24.5 Å². The van der Waals surface area contributed by atoms with Crippen molar-refractivity contribution < 1.29 is 18.0 Å². The van der Waals surface area contributed by atoms with E-state index >= 15 is 0 Å². The number of rotatable bonds is 3. The fraction of sp³-hybridized carbons (Fsp3) is 0.176. The summed E-state index contributed by atoms with van der Waals surface area (Å²) in [4.78, 5) is 17.2. The lowest BCUT2D eigenvalue weighted by Crippen LogP contribution is -2.60. The second kappa shape index (κ2) is 6.53. The van der Waals surface area contributed by atoms with E-state index in [-0.39, 0.29) is 16.5 Å². The van der Waals surface area contributed by atoms with E-state index in [0.29, 0.717) is 0 Å². The highest BCUT2D eigenvalue weighted by Crippen LogP contribution is 2.37. The Kier molecular flexibility index (Phi) is 4.57. The Morgan fingerprint density at radius 2 is 1.84 bits per heavy atom. The molecule has 2 aromatic rings. The number of hydrogen-bond donors (Lipinski definition) is 1. The Morgan fingerprint density at radius 1 is 1.12 bits per heavy atom. The summed E-state index contributed by atoms with van der Waals surface area (Å²) in [5, 5.41) is 0.242. The number of thioether (sulfide) groups is 1. The third-order valence-corrected chi connectivity index (χ3v) is 4.60. The molecule has 0 spiro atoms. The topological polar surface area (TPSA) is 41.5 Å². The average Bonchev–Trinajstić information content (AvgIpc) is 2.82. The van der Waals surface area contributed by atoms with Crippen molar-refractivity contribution in [3.8, 4) is 0 Å². The summed E-state index contributed by atoms with van der Waals surface area (Å²) in [5.74, 6) is -2.47. The van der Waals surface area contributed by atoms with Gasteiger partial charge in [0.25, 0.3) is 5.17 Å². The van der Waals surface area contributed by atoms with E-state index in [1.807, 2.05) is 0 Å². The van der Waals surface area contributed by atoms with Gasteiger partial charge in [-0.3, -0.25) is 0 Å². The molecule has 3 rings (SSSR count). The van der Waals surface area contributed by atoms with Gasteiger partial charge < -0.3 is 0 Å². The van der Waals surface area contributed by atoms with Crippen molar-refractivity contribution in [1.29, 1.82) is 0 Å². The van der Waals surface area contributed by atoms with E-state index in [4.69, 9.17) is 0 Å². The van der Waals surface area contributed by atoms with Crippen LogP contribution < -0.4 is 10.0 Å². The SMILES string of the molecule is CSC1=NC(C)C(=O)[N+]1(Nc1cccc(F)c1)c1cc(F)ccc1F. The maximum atomic E-state index is 14.5. The van der Waals surface area contributed by atoms with E-state index in [2.05, 4.69) is 10.4 Å². The van der Waals surface area contributed by atoms with Crippen molar-refractivity contribution in [2.45, 2.75) is 13.0 Å². The number of halogens is 3. The predicted molar refractivity (Wildman–Crippen MR) is 93.6 cm³/mol. The zero-order valence-corrected chi connectivity index (χ0v) is 14.3. The Hall–Kier alpha value is -2.32. The van der Waals surface area contributed by atoms with E-state index in [1.54, 1.807) is 13.2 Å². The lowest BCUT2D eigenvalue weighted by Gasteiger charge is -2.31. The first-order valence-corrected chi connectivity index (χ1v) is 8.66. The molecule has 130 valence electrons. The quantitative estimate of drug-likeness (QED) is 0.832. The van der Waals surface area contributed by atoms with Gasteiger partial charge in [0.05, 0.1) is 5.69 Å². The summed E-state index contributed by atoms with van der Waals surface area (Å²) in [6.07, 6.45) is 1.68. The van der Waals surface area contributed by atoms with Crippen LogP contribution in [0.3, 0.4) is 0 Å². The van der Waals surface area contributed by atoms with E-state index in [1.165, 1.54) is 24.3 Å². The van der Waals surface area contributed by atoms with Crippen LogP contribution in [-0.4, -0.2) is 23.4 Å². The Morgan fingerprint density at radius 3 is 2.52 bits per heavy atom. The second-order valence-corrected chi connectivity index (χ2v) is 6.29. The first kappa shape index (κ1) is 17.5. The van der Waals surface area contributed by atoms with Gasteiger partial charge in [-0.25, -0.2) is 28.4 Å². The lowest BCUT2D eigenvalue weighted by molar-refractivity contribution is -0.125. The number of hydrogen-bond acceptors (Lipinski definition) is 4. The molecular weight excluding hydrogens is 351 g/mol. The predicted octanol–water partition coefficient (Wildman–Crippen LogP) is 4.09. The number of anilines is 1. The highest BCUT2D eigenvalue weighted by atomic mass is 32.2. The van der Waals surface area contributed by atoms with Crippen LogP contribution >= 0.6 is 11.8 Å². The number of aliphatic imine (C=N–C) groups is 1. The molecule has 1 aliphatic heterocycles. The molecule has 25 heavy (non-hydrogen) atoms. The molecule has 2 unspecified atom stereocenters. The molecule has 0 saturated heterocycles. The Bertz CT molecular complexity index is 874. The summed E-state index contributed by atoms with van der Waals surface area (Å²) in [5.41, 5.74) is 2.86. The van der Waals surface area contributed by atoms with E-state index < -0.39 is 34.0 Å². The number of amidine groups is 1. The molecule has 0 radical (unpaired) electrons. The van der Waals surface area contributed by atoms with Crippen molar-refractivity contribution in [3.63, 3.8) is 0 Å². The number of carbonyl (C=O) groups is 1. The number of nitrogens with one attached hydrogen (secondary N) is 1. The number of nitrogens with zero attached hydrogens (tertiary/aromatic N) is 2. The van der Waals surface area contributed by atoms with Gasteiger partial charge >= 0.3 is 5.91 Å². The zero-order valence-electron chi connectivity index (χ0n) is 13.5. The van der Waals surface area contributed by atoms with Gasteiger partial charge in [-0.1, -0.05) is 10.7 Å². The van der Waals surface area contributed by atoms with Gasteiger partial charge in [0.15, 0.2) is 11.9 Å². The largest absolute Gasteiger partial charge is 0.374 e. The molecule has 0 aliphatic carbocycles. The first-order valence-electron chi connectivity index (χ1n) is 7.44. The highest BCUT2D eigenvalue weighted by Gasteiger charge is 2.55. The minimum Gasteiger partial charge on any atom is -0.225 e. The fourth-order valence-corrected chi connectivity index (χ4v) is 3.52. The van der Waals surface area contributed by atoms with Crippen molar-refractivity contribution in [1.82, 2.24) is 4.59 Å². The summed E-state index contributed by atoms with van der Waals surface area (Å²) < 4.78 is 41.1. The molecule has 0 bridgehead atoms. The molecule has 1 N–H and O–H groups in total. The monoisotopic (exact) mass is 366 g/mol. The molecule has 1 amide bonds. The van der Waals surface area contributed by atoms with Gasteiger partial charge in [-0.2, -0.15) is 0 Å². The molecule has 0 saturated carbocycles. The summed E-state index contributed by atoms with van der Waals surface area (Å²) >= 11 is 1.14. The standard InChI is InChI=1S/C17H15F3N3OS/c1-10-16(24)23(17(21-10)25-2,15-9-12(19)6-7-14(15)20)22-13-5-3-4-11(18)8-13/h3-10,22H,1-2H3/q+1. The molecule has 2 aromatic carbocycles. The normalized spacial score (nSPS) is 22.8. The second-order valence-electron chi connectivity index (χ2n) is 5.52. The lowest BCUT2D eigenvalue weighted by atomic mass is 10.2. The van der Waals surface area contributed by atoms with Crippen LogP contribution in [0.2, 0.25) is 0 Å². The van der Waals surface area contributed by atoms with E-state index in [9.17, 15) is 18.0 Å². The van der Waals surface area contributed by atoms with Crippen LogP contribution in [0, 0.1) is 17.5 Å². The van der Waals surface area contributed by atoms with Gasteiger partial charge in [0.2, 0.25) is 5.69 Å². The third-order valence-electron chi connectivity index (χ3n) is 3.85. The van der Waals surface area contributed by atoms with Crippen LogP contribution in [0.5, 0.6) is 0 Å². The molecule has 2 atom stereocenters. The Labute approximate surface area is 146 Å². The molecule has 4 nitrogen and oxygen atoms in total. The van der Waals surface area contributed by atoms with Gasteiger partial charge in [0.1, 0.15) is 11.6 Å². The number of quaternary nitrogens is 1. The summed E-state index contributed by atoms with van der Waals surface area (Å²) in [6.45, 7) is 1.57.